The van der Waals surface area contributed by atoms with Crippen LogP contribution in [-0.4, -0.2) is 23.1 Å². The monoisotopic (exact) mass is 407 g/mol. The first-order chi connectivity index (χ1) is 14.5. The van der Waals surface area contributed by atoms with E-state index in [4.69, 9.17) is 4.74 Å². The predicted octanol–water partition coefficient (Wildman–Crippen LogP) is 4.77. The van der Waals surface area contributed by atoms with Crippen LogP contribution in [0.25, 0.3) is 0 Å². The summed E-state index contributed by atoms with van der Waals surface area (Å²) in [6.07, 6.45) is 4.95. The van der Waals surface area contributed by atoms with Gasteiger partial charge < -0.3 is 14.6 Å². The van der Waals surface area contributed by atoms with Gasteiger partial charge in [-0.3, -0.25) is 9.59 Å². The summed E-state index contributed by atoms with van der Waals surface area (Å²) in [6.45, 7) is 5.43. The fourth-order valence-electron chi connectivity index (χ4n) is 4.33. The largest absolute Gasteiger partial charge is 0.455 e. The van der Waals surface area contributed by atoms with Crippen LogP contribution in [0.1, 0.15) is 73.4 Å². The number of amides is 1. The molecular weight excluding hydrogens is 378 g/mol. The average molecular weight is 408 g/mol. The molecule has 1 atom stereocenters. The van der Waals surface area contributed by atoms with Gasteiger partial charge >= 0.3 is 5.97 Å². The van der Waals surface area contributed by atoms with Crippen LogP contribution < -0.4 is 5.32 Å². The maximum Gasteiger partial charge on any atom is 0.313 e. The second-order valence-corrected chi connectivity index (χ2v) is 7.88. The summed E-state index contributed by atoms with van der Waals surface area (Å²) in [6, 6.07) is 11.9. The maximum atomic E-state index is 12.6. The Morgan fingerprint density at radius 1 is 1.23 bits per heavy atom. The third-order valence-corrected chi connectivity index (χ3v) is 6.06. The first-order valence-electron chi connectivity index (χ1n) is 10.6. The quantitative estimate of drug-likeness (QED) is 0.670. The summed E-state index contributed by atoms with van der Waals surface area (Å²) in [5, 5.41) is 12.5. The number of esters is 1. The Bertz CT molecular complexity index is 950. The van der Waals surface area contributed by atoms with E-state index < -0.39 is 17.8 Å². The summed E-state index contributed by atoms with van der Waals surface area (Å²) in [5.74, 6) is -0.728. The maximum absolute atomic E-state index is 12.6. The van der Waals surface area contributed by atoms with Crippen LogP contribution in [-0.2, 0) is 14.3 Å². The van der Waals surface area contributed by atoms with Crippen LogP contribution in [0.5, 0.6) is 0 Å². The lowest BCUT2D eigenvalue weighted by Gasteiger charge is -2.19. The molecule has 0 bridgehead atoms. The number of anilines is 1. The molecule has 6 heteroatoms. The zero-order valence-corrected chi connectivity index (χ0v) is 17.9. The molecule has 1 saturated carbocycles. The Hall–Kier alpha value is -3.07. The third kappa shape index (κ3) is 4.40. The van der Waals surface area contributed by atoms with Gasteiger partial charge in [0, 0.05) is 11.7 Å². The van der Waals surface area contributed by atoms with Gasteiger partial charge in [-0.15, -0.1) is 0 Å². The highest BCUT2D eigenvalue weighted by Gasteiger charge is 2.27. The second-order valence-electron chi connectivity index (χ2n) is 7.88. The van der Waals surface area contributed by atoms with Crippen molar-refractivity contribution in [2.75, 3.05) is 11.9 Å². The minimum atomic E-state index is -0.431. The van der Waals surface area contributed by atoms with Crippen LogP contribution in [0.3, 0.4) is 0 Å². The van der Waals surface area contributed by atoms with E-state index in [0.29, 0.717) is 17.8 Å². The van der Waals surface area contributed by atoms with Gasteiger partial charge in [0.2, 0.25) is 0 Å². The van der Waals surface area contributed by atoms with Crippen molar-refractivity contribution in [2.45, 2.75) is 64.8 Å². The van der Waals surface area contributed by atoms with Crippen LogP contribution >= 0.6 is 0 Å². The van der Waals surface area contributed by atoms with E-state index in [1.807, 2.05) is 51.1 Å². The molecule has 1 aliphatic rings. The molecular formula is C24H29N3O3. The van der Waals surface area contributed by atoms with Gasteiger partial charge in [-0.25, -0.2) is 0 Å². The van der Waals surface area contributed by atoms with Crippen molar-refractivity contribution in [1.82, 2.24) is 4.57 Å². The molecule has 1 aliphatic carbocycles. The van der Waals surface area contributed by atoms with E-state index in [9.17, 15) is 14.9 Å². The number of nitrogens with zero attached hydrogens (tertiary/aromatic N) is 2. The number of ether oxygens (including phenoxy) is 1. The van der Waals surface area contributed by atoms with Crippen molar-refractivity contribution in [2.24, 2.45) is 0 Å². The highest BCUT2D eigenvalue weighted by molar-refractivity contribution is 5.94. The van der Waals surface area contributed by atoms with Crippen LogP contribution in [0.15, 0.2) is 30.3 Å². The summed E-state index contributed by atoms with van der Waals surface area (Å²) >= 11 is 0. The van der Waals surface area contributed by atoms with Gasteiger partial charge in [0.25, 0.3) is 5.91 Å². The number of hydrogen-bond acceptors (Lipinski definition) is 4. The third-order valence-electron chi connectivity index (χ3n) is 6.06. The van der Waals surface area contributed by atoms with Crippen LogP contribution in [0.2, 0.25) is 0 Å². The predicted molar refractivity (Wildman–Crippen MR) is 115 cm³/mol. The van der Waals surface area contributed by atoms with E-state index in [1.165, 1.54) is 0 Å². The minimum absolute atomic E-state index is 0.284. The molecule has 1 heterocycles. The fraction of sp³-hybridized carbons (Fsp3) is 0.458. The van der Waals surface area contributed by atoms with E-state index >= 15 is 0 Å². The van der Waals surface area contributed by atoms with Gasteiger partial charge in [-0.2, -0.15) is 5.26 Å². The Morgan fingerprint density at radius 2 is 1.90 bits per heavy atom. The van der Waals surface area contributed by atoms with Gasteiger partial charge in [0.15, 0.2) is 6.61 Å². The molecule has 1 amide bonds. The molecule has 1 aromatic carbocycles. The molecule has 30 heavy (non-hydrogen) atoms. The van der Waals surface area contributed by atoms with E-state index in [0.717, 1.165) is 42.5 Å². The summed E-state index contributed by atoms with van der Waals surface area (Å²) in [7, 11) is 0. The molecule has 0 saturated heterocycles. The standard InChI is InChI=1S/C24H29N3O3/c1-4-20(18-10-6-5-7-11-18)24(29)30-15-22(28)26-23-21(14-25)16(2)17(3)27(23)19-12-8-9-13-19/h5-7,10-11,19-20H,4,8-9,12-13,15H2,1-3H3,(H,26,28). The van der Waals surface area contributed by atoms with Gasteiger partial charge in [-0.1, -0.05) is 50.1 Å². The highest BCUT2D eigenvalue weighted by Crippen LogP contribution is 2.37. The van der Waals surface area contributed by atoms with Crippen molar-refractivity contribution in [3.05, 3.63) is 52.7 Å². The Balaban J connectivity index is 1.71. The first kappa shape index (κ1) is 21.6. The zero-order valence-electron chi connectivity index (χ0n) is 17.9. The minimum Gasteiger partial charge on any atom is -0.455 e. The molecule has 2 aromatic rings. The van der Waals surface area contributed by atoms with Crippen LogP contribution in [0.4, 0.5) is 5.82 Å². The molecule has 0 aliphatic heterocycles. The highest BCUT2D eigenvalue weighted by atomic mass is 16.5. The Morgan fingerprint density at radius 3 is 2.50 bits per heavy atom. The lowest BCUT2D eigenvalue weighted by atomic mass is 9.97. The number of carbonyl (C=O) groups is 2. The summed E-state index contributed by atoms with van der Waals surface area (Å²) < 4.78 is 7.40. The molecule has 0 spiro atoms. The molecule has 1 aromatic heterocycles. The topological polar surface area (TPSA) is 84.1 Å². The Labute approximate surface area is 177 Å². The molecule has 1 unspecified atom stereocenters. The lowest BCUT2D eigenvalue weighted by molar-refractivity contribution is -0.149. The van der Waals surface area contributed by atoms with Crippen molar-refractivity contribution >= 4 is 17.7 Å². The summed E-state index contributed by atoms with van der Waals surface area (Å²) in [5.41, 5.74) is 3.24. The van der Waals surface area contributed by atoms with Crippen molar-refractivity contribution in [1.29, 1.82) is 5.26 Å². The molecule has 1 N–H and O–H groups in total. The number of aromatic nitrogens is 1. The lowest BCUT2D eigenvalue weighted by Crippen LogP contribution is -2.25. The Kier molecular flexibility index (Phi) is 6.94. The molecule has 0 radical (unpaired) electrons. The number of carbonyl (C=O) groups excluding carboxylic acids is 2. The van der Waals surface area contributed by atoms with Gasteiger partial charge in [0.1, 0.15) is 11.9 Å². The van der Waals surface area contributed by atoms with E-state index in [1.54, 1.807) is 0 Å². The van der Waals surface area contributed by atoms with E-state index in [-0.39, 0.29) is 12.6 Å². The van der Waals surface area contributed by atoms with E-state index in [2.05, 4.69) is 16.0 Å². The number of nitrogens with one attached hydrogen (secondary N) is 1. The molecule has 3 rings (SSSR count). The SMILES string of the molecule is CCC(C(=O)OCC(=O)Nc1c(C#N)c(C)c(C)n1C1CCCC1)c1ccccc1. The molecule has 1 fully saturated rings. The van der Waals surface area contributed by atoms with Crippen molar-refractivity contribution < 1.29 is 14.3 Å². The number of rotatable bonds is 7. The summed E-state index contributed by atoms with van der Waals surface area (Å²) in [4.78, 5) is 25.1. The first-order valence-corrected chi connectivity index (χ1v) is 10.6. The van der Waals surface area contributed by atoms with Crippen molar-refractivity contribution in [3.8, 4) is 6.07 Å². The zero-order chi connectivity index (χ0) is 21.7. The van der Waals surface area contributed by atoms with Crippen LogP contribution in [0, 0.1) is 25.2 Å². The fourth-order valence-corrected chi connectivity index (χ4v) is 4.33. The second kappa shape index (κ2) is 9.62. The smallest absolute Gasteiger partial charge is 0.313 e. The number of nitriles is 1. The van der Waals surface area contributed by atoms with Gasteiger partial charge in [-0.05, 0) is 44.2 Å². The number of benzene rings is 1. The normalized spacial score (nSPS) is 14.9. The van der Waals surface area contributed by atoms with Gasteiger partial charge in [0.05, 0.1) is 11.5 Å². The van der Waals surface area contributed by atoms with Crippen molar-refractivity contribution in [3.63, 3.8) is 0 Å². The molecule has 6 nitrogen and oxygen atoms in total. The average Bonchev–Trinajstić information content (AvgIpc) is 3.35. The molecule has 158 valence electrons. The number of hydrogen-bond donors (Lipinski definition) is 1.